The topological polar surface area (TPSA) is 93.5 Å². The van der Waals surface area contributed by atoms with E-state index >= 15 is 0 Å². The summed E-state index contributed by atoms with van der Waals surface area (Å²) in [4.78, 5) is 13.0. The first-order valence-electron chi connectivity index (χ1n) is 9.67. The molecule has 0 aliphatic heterocycles. The van der Waals surface area contributed by atoms with Crippen LogP contribution in [0.25, 0.3) is 0 Å². The highest BCUT2D eigenvalue weighted by Gasteiger charge is 2.39. The second-order valence-electron chi connectivity index (χ2n) is 7.45. The third-order valence-electron chi connectivity index (χ3n) is 4.62. The normalized spacial score (nSPS) is 14.0. The van der Waals surface area contributed by atoms with Crippen LogP contribution in [0.5, 0.6) is 11.5 Å². The minimum absolute atomic E-state index is 0.276. The van der Waals surface area contributed by atoms with Crippen LogP contribution >= 0.6 is 23.2 Å². The molecule has 0 N–H and O–H groups in total. The molecule has 0 saturated heterocycles. The van der Waals surface area contributed by atoms with Gasteiger partial charge in [0.25, 0.3) is 0 Å². The van der Waals surface area contributed by atoms with Gasteiger partial charge in [0.2, 0.25) is 6.10 Å². The van der Waals surface area contributed by atoms with E-state index in [-0.39, 0.29) is 4.49 Å². The Bertz CT molecular complexity index is 1110. The molecule has 3 unspecified atom stereocenters. The number of para-hydroxylation sites is 1. The molecule has 2 rings (SSSR count). The van der Waals surface area contributed by atoms with Crippen LogP contribution < -0.4 is 4.74 Å². The van der Waals surface area contributed by atoms with Crippen LogP contribution in [0.15, 0.2) is 65.2 Å². The first kappa shape index (κ1) is 25.7. The Morgan fingerprint density at radius 2 is 1.69 bits per heavy atom. The van der Waals surface area contributed by atoms with Crippen molar-refractivity contribution in [1.82, 2.24) is 0 Å². The Balaban J connectivity index is 2.30. The average Bonchev–Trinajstić information content (AvgIpc) is 2.71. The predicted molar refractivity (Wildman–Crippen MR) is 124 cm³/mol. The Kier molecular flexibility index (Phi) is 9.14. The van der Waals surface area contributed by atoms with E-state index in [1.165, 1.54) is 0 Å². The Labute approximate surface area is 198 Å². The molecule has 0 heterocycles. The van der Waals surface area contributed by atoms with Crippen LogP contribution in [0.4, 0.5) is 0 Å². The van der Waals surface area contributed by atoms with Crippen LogP contribution in [0.1, 0.15) is 25.5 Å². The first-order chi connectivity index (χ1) is 15.0. The highest BCUT2D eigenvalue weighted by molar-refractivity contribution is 7.91. The molecule has 32 heavy (non-hydrogen) atoms. The lowest BCUT2D eigenvalue weighted by Gasteiger charge is -2.26. The summed E-state index contributed by atoms with van der Waals surface area (Å²) in [5.74, 6) is -1.33. The van der Waals surface area contributed by atoms with E-state index in [9.17, 15) is 18.5 Å². The zero-order valence-electron chi connectivity index (χ0n) is 17.7. The zero-order valence-corrected chi connectivity index (χ0v) is 20.1. The van der Waals surface area contributed by atoms with Gasteiger partial charge in [-0.05, 0) is 36.3 Å². The van der Waals surface area contributed by atoms with Crippen molar-refractivity contribution >= 4 is 39.0 Å². The van der Waals surface area contributed by atoms with Gasteiger partial charge in [-0.2, -0.15) is 5.26 Å². The van der Waals surface area contributed by atoms with Gasteiger partial charge in [0.1, 0.15) is 22.1 Å². The molecule has 0 fully saturated rings. The fraction of sp³-hybridized carbons (Fsp3) is 0.304. The number of carbonyl (C=O) groups excluding carboxylic acids is 1. The molecule has 0 spiro atoms. The van der Waals surface area contributed by atoms with Gasteiger partial charge in [0.05, 0.1) is 11.2 Å². The maximum Gasteiger partial charge on any atom is 0.312 e. The molecule has 2 aromatic carbocycles. The van der Waals surface area contributed by atoms with Gasteiger partial charge in [-0.15, -0.1) is 0 Å². The smallest absolute Gasteiger partial charge is 0.312 e. The molecule has 0 amide bonds. The maximum absolute atomic E-state index is 13.0. The van der Waals surface area contributed by atoms with Crippen molar-refractivity contribution < 1.29 is 22.7 Å². The molecule has 0 aliphatic rings. The van der Waals surface area contributed by atoms with Crippen molar-refractivity contribution in [1.29, 1.82) is 5.26 Å². The lowest BCUT2D eigenvalue weighted by atomic mass is 9.92. The van der Waals surface area contributed by atoms with Gasteiger partial charge >= 0.3 is 5.97 Å². The first-order valence-corrected chi connectivity index (χ1v) is 12.4. The number of carbonyl (C=O) groups is 1. The molecule has 0 aromatic heterocycles. The van der Waals surface area contributed by atoms with E-state index < -0.39 is 39.0 Å². The lowest BCUT2D eigenvalue weighted by molar-refractivity contribution is -0.153. The fourth-order valence-electron chi connectivity index (χ4n) is 3.13. The molecular formula is C23H23Cl2NO5S. The van der Waals surface area contributed by atoms with Gasteiger partial charge in [-0.25, -0.2) is 8.42 Å². The van der Waals surface area contributed by atoms with Gasteiger partial charge in [0, 0.05) is 11.8 Å². The molecular weight excluding hydrogens is 473 g/mol. The minimum Gasteiger partial charge on any atom is -0.457 e. The minimum atomic E-state index is -3.75. The van der Waals surface area contributed by atoms with Crippen LogP contribution in [0.3, 0.4) is 0 Å². The maximum atomic E-state index is 13.0. The fourth-order valence-corrected chi connectivity index (χ4v) is 4.89. The third-order valence-corrected chi connectivity index (χ3v) is 6.29. The van der Waals surface area contributed by atoms with E-state index in [2.05, 4.69) is 0 Å². The molecule has 0 radical (unpaired) electrons. The number of sulfone groups is 1. The Hall–Kier alpha value is -2.53. The van der Waals surface area contributed by atoms with Gasteiger partial charge in [-0.3, -0.25) is 4.79 Å². The summed E-state index contributed by atoms with van der Waals surface area (Å²) in [6.07, 6.45) is 0.818. The summed E-state index contributed by atoms with van der Waals surface area (Å²) >= 11 is 11.4. The average molecular weight is 496 g/mol. The number of hydrogen-bond acceptors (Lipinski definition) is 6. The van der Waals surface area contributed by atoms with Crippen molar-refractivity contribution in [2.24, 2.45) is 11.8 Å². The Morgan fingerprint density at radius 1 is 1.06 bits per heavy atom. The molecule has 0 saturated carbocycles. The molecule has 170 valence electrons. The van der Waals surface area contributed by atoms with Crippen molar-refractivity contribution in [2.45, 2.75) is 25.2 Å². The van der Waals surface area contributed by atoms with Crippen molar-refractivity contribution in [3.05, 3.63) is 70.7 Å². The molecule has 2 aromatic rings. The number of nitrogens with zero attached hydrogens (tertiary/aromatic N) is 1. The van der Waals surface area contributed by atoms with E-state index in [0.717, 1.165) is 12.3 Å². The predicted octanol–water partition coefficient (Wildman–Crippen LogP) is 5.59. The summed E-state index contributed by atoms with van der Waals surface area (Å²) < 4.78 is 35.5. The number of benzene rings is 2. The number of halogens is 2. The van der Waals surface area contributed by atoms with E-state index in [1.807, 2.05) is 24.3 Å². The quantitative estimate of drug-likeness (QED) is 0.420. The number of nitriles is 1. The molecule has 0 bridgehead atoms. The number of hydrogen-bond donors (Lipinski definition) is 0. The van der Waals surface area contributed by atoms with Gasteiger partial charge < -0.3 is 9.47 Å². The van der Waals surface area contributed by atoms with Crippen LogP contribution in [-0.4, -0.2) is 25.9 Å². The van der Waals surface area contributed by atoms with Crippen molar-refractivity contribution in [3.63, 3.8) is 0 Å². The molecule has 3 atom stereocenters. The van der Waals surface area contributed by atoms with Crippen molar-refractivity contribution in [3.8, 4) is 17.6 Å². The molecule has 0 aliphatic carbocycles. The van der Waals surface area contributed by atoms with E-state index in [1.54, 1.807) is 50.2 Å². The number of esters is 1. The van der Waals surface area contributed by atoms with Gasteiger partial charge in [-0.1, -0.05) is 67.4 Å². The van der Waals surface area contributed by atoms with Crippen molar-refractivity contribution in [2.75, 3.05) is 6.26 Å². The monoisotopic (exact) mass is 495 g/mol. The largest absolute Gasteiger partial charge is 0.457 e. The highest BCUT2D eigenvalue weighted by Crippen LogP contribution is 2.30. The highest BCUT2D eigenvalue weighted by atomic mass is 35.5. The summed E-state index contributed by atoms with van der Waals surface area (Å²) in [7, 11) is -3.75. The summed E-state index contributed by atoms with van der Waals surface area (Å²) in [6, 6.07) is 17.6. The SMILES string of the molecule is CC(C)C(C(=O)OC(C#N)c1cccc(Oc2ccccc2)c1)C(C=C(Cl)Cl)S(C)(=O)=O. The Morgan fingerprint density at radius 3 is 2.22 bits per heavy atom. The molecule has 6 nitrogen and oxygen atoms in total. The standard InChI is InChI=1S/C23H23Cl2NO5S/c1-15(2)22(20(13-21(24)25)32(3,28)29)23(27)31-19(14-26)16-8-7-11-18(12-16)30-17-9-5-4-6-10-17/h4-13,15,19-20,22H,1-3H3. The zero-order chi connectivity index (χ0) is 23.9. The van der Waals surface area contributed by atoms with Gasteiger partial charge in [0.15, 0.2) is 9.84 Å². The summed E-state index contributed by atoms with van der Waals surface area (Å²) in [5, 5.41) is 8.33. The molecule has 9 heteroatoms. The summed E-state index contributed by atoms with van der Waals surface area (Å²) in [6.45, 7) is 3.35. The number of ether oxygens (including phenoxy) is 2. The summed E-state index contributed by atoms with van der Waals surface area (Å²) in [5.41, 5.74) is 0.388. The van der Waals surface area contributed by atoms with Crippen LogP contribution in [0.2, 0.25) is 0 Å². The second kappa shape index (κ2) is 11.4. The lowest BCUT2D eigenvalue weighted by Crippen LogP contribution is -2.38. The van der Waals surface area contributed by atoms with E-state index in [0.29, 0.717) is 17.1 Å². The van der Waals surface area contributed by atoms with Crippen LogP contribution in [-0.2, 0) is 19.4 Å². The van der Waals surface area contributed by atoms with Crippen LogP contribution in [0, 0.1) is 23.2 Å². The number of rotatable bonds is 9. The van der Waals surface area contributed by atoms with E-state index in [4.69, 9.17) is 32.7 Å². The second-order valence-corrected chi connectivity index (χ2v) is 10.7. The third kappa shape index (κ3) is 7.27.